The summed E-state index contributed by atoms with van der Waals surface area (Å²) in [6, 6.07) is 13.4. The zero-order valence-corrected chi connectivity index (χ0v) is 22.8. The van der Waals surface area contributed by atoms with Gasteiger partial charge in [-0.2, -0.15) is 0 Å². The molecule has 1 heterocycles. The number of methoxy groups -OCH3 is 1. The van der Waals surface area contributed by atoms with Crippen LogP contribution in [-0.4, -0.2) is 37.5 Å². The number of amides is 2. The molecule has 9 nitrogen and oxygen atoms in total. The van der Waals surface area contributed by atoms with Gasteiger partial charge in [0.1, 0.15) is 21.9 Å². The number of anilines is 1. The van der Waals surface area contributed by atoms with E-state index in [4.69, 9.17) is 27.2 Å². The average Bonchev–Trinajstić information content (AvgIpc) is 3.27. The van der Waals surface area contributed by atoms with Crippen LogP contribution < -0.4 is 21.3 Å². The first-order valence-electron chi connectivity index (χ1n) is 11.7. The third-order valence-electron chi connectivity index (χ3n) is 6.24. The maximum absolute atomic E-state index is 13.4. The van der Waals surface area contributed by atoms with E-state index in [2.05, 4.69) is 10.7 Å². The zero-order valence-electron chi connectivity index (χ0n) is 21.2. The number of hydrazine groups is 1. The Labute approximate surface area is 228 Å². The van der Waals surface area contributed by atoms with E-state index in [1.165, 1.54) is 12.1 Å². The number of halogens is 1. The van der Waals surface area contributed by atoms with Gasteiger partial charge >= 0.3 is 0 Å². The predicted octanol–water partition coefficient (Wildman–Crippen LogP) is 3.97. The lowest BCUT2D eigenvalue weighted by molar-refractivity contribution is 0.0940. The van der Waals surface area contributed by atoms with Gasteiger partial charge in [0.05, 0.1) is 35.0 Å². The number of hydrogen-bond acceptors (Lipinski definition) is 6. The number of imidazole rings is 1. The molecule has 0 atom stereocenters. The molecule has 11 heteroatoms. The summed E-state index contributed by atoms with van der Waals surface area (Å²) in [5.74, 6) is 5.19. The molecule has 0 spiro atoms. The summed E-state index contributed by atoms with van der Waals surface area (Å²) in [6.07, 6.45) is 0. The first kappa shape index (κ1) is 27.1. The molecule has 0 aliphatic rings. The van der Waals surface area contributed by atoms with Crippen LogP contribution in [0.2, 0.25) is 5.02 Å². The van der Waals surface area contributed by atoms with Crippen LogP contribution in [0.25, 0.3) is 11.0 Å². The molecule has 0 saturated heterocycles. The van der Waals surface area contributed by atoms with Crippen molar-refractivity contribution in [2.75, 3.05) is 12.4 Å². The standard InChI is InChI=1S/C27H26ClN5O4S/c1-5-33-21-13-16(28)10-11-19(21)30-25(33)24(38-36)22-15(3)23(37-4)14(2)12-20(22)31-26(34)17-8-6-7-9-18(17)27(35)32-29/h6-13H,5,29H2,1-4H3,(H,31,34)(H,32,35). The Hall–Kier alpha value is -3.99. The van der Waals surface area contributed by atoms with Crippen LogP contribution in [0, 0.1) is 13.8 Å². The second-order valence-electron chi connectivity index (χ2n) is 8.47. The van der Waals surface area contributed by atoms with Crippen molar-refractivity contribution in [1.82, 2.24) is 15.0 Å². The molecular formula is C27H26ClN5O4S. The third-order valence-corrected chi connectivity index (χ3v) is 7.03. The number of carbonyl (C=O) groups excluding carboxylic acids is 2. The van der Waals surface area contributed by atoms with Crippen molar-refractivity contribution in [3.8, 4) is 5.75 Å². The number of nitrogen functional groups attached to an aromatic ring is 1. The minimum absolute atomic E-state index is 0.114. The summed E-state index contributed by atoms with van der Waals surface area (Å²) in [6.45, 7) is 6.14. The maximum atomic E-state index is 13.4. The summed E-state index contributed by atoms with van der Waals surface area (Å²) in [7, 11) is 1.55. The molecule has 4 N–H and O–H groups in total. The summed E-state index contributed by atoms with van der Waals surface area (Å²) in [5.41, 5.74) is 6.01. The van der Waals surface area contributed by atoms with Crippen molar-refractivity contribution in [2.45, 2.75) is 27.3 Å². The van der Waals surface area contributed by atoms with Gasteiger partial charge in [-0.25, -0.2) is 15.0 Å². The monoisotopic (exact) mass is 551 g/mol. The second-order valence-corrected chi connectivity index (χ2v) is 9.48. The molecule has 0 unspecified atom stereocenters. The molecule has 2 amide bonds. The van der Waals surface area contributed by atoms with Crippen molar-refractivity contribution < 1.29 is 18.5 Å². The van der Waals surface area contributed by atoms with Gasteiger partial charge in [-0.15, -0.1) is 0 Å². The second kappa shape index (κ2) is 11.2. The Morgan fingerprint density at radius 1 is 1.11 bits per heavy atom. The molecule has 0 aliphatic heterocycles. The number of nitrogens with zero attached hydrogens (tertiary/aromatic N) is 2. The zero-order chi connectivity index (χ0) is 27.6. The fourth-order valence-corrected chi connectivity index (χ4v) is 5.34. The van der Waals surface area contributed by atoms with E-state index in [1.807, 2.05) is 25.3 Å². The van der Waals surface area contributed by atoms with E-state index >= 15 is 0 Å². The molecule has 38 heavy (non-hydrogen) atoms. The predicted molar refractivity (Wildman–Crippen MR) is 150 cm³/mol. The number of aromatic nitrogens is 2. The molecule has 0 fully saturated rings. The SMILES string of the molecule is CCn1c(C(=S=O)c2c(NC(=O)c3ccccc3C(=O)NN)cc(C)c(OC)c2C)nc2ccc(Cl)cc21. The number of hydrogen-bond donors (Lipinski definition) is 3. The highest BCUT2D eigenvalue weighted by atomic mass is 35.5. The minimum atomic E-state index is -0.601. The molecule has 4 aromatic rings. The summed E-state index contributed by atoms with van der Waals surface area (Å²) in [5, 5.41) is 3.45. The molecule has 3 aromatic carbocycles. The van der Waals surface area contributed by atoms with Crippen LogP contribution in [0.3, 0.4) is 0 Å². The van der Waals surface area contributed by atoms with E-state index in [1.54, 1.807) is 43.5 Å². The Balaban J connectivity index is 1.93. The van der Waals surface area contributed by atoms with Crippen LogP contribution in [-0.2, 0) is 17.8 Å². The van der Waals surface area contributed by atoms with Crippen LogP contribution in [0.15, 0.2) is 48.5 Å². The lowest BCUT2D eigenvalue weighted by Crippen LogP contribution is -2.32. The first-order chi connectivity index (χ1) is 18.2. The minimum Gasteiger partial charge on any atom is -0.496 e. The van der Waals surface area contributed by atoms with E-state index in [0.717, 1.165) is 11.1 Å². The Kier molecular flexibility index (Phi) is 7.96. The third kappa shape index (κ3) is 4.81. The van der Waals surface area contributed by atoms with Gasteiger partial charge in [0.25, 0.3) is 11.8 Å². The number of rotatable bonds is 7. The van der Waals surface area contributed by atoms with Gasteiger partial charge in [0, 0.05) is 22.7 Å². The van der Waals surface area contributed by atoms with Crippen LogP contribution in [0.5, 0.6) is 5.75 Å². The van der Waals surface area contributed by atoms with Crippen molar-refractivity contribution >= 4 is 56.3 Å². The Morgan fingerprint density at radius 3 is 2.39 bits per heavy atom. The quantitative estimate of drug-likeness (QED) is 0.105. The summed E-state index contributed by atoms with van der Waals surface area (Å²) < 4.78 is 20.3. The lowest BCUT2D eigenvalue weighted by Gasteiger charge is -2.20. The number of fused-ring (bicyclic) bond motifs is 1. The fraction of sp³-hybridized carbons (Fsp3) is 0.185. The molecule has 1 aromatic heterocycles. The average molecular weight is 552 g/mol. The van der Waals surface area contributed by atoms with Crippen LogP contribution in [0.1, 0.15) is 50.2 Å². The van der Waals surface area contributed by atoms with Gasteiger partial charge in [-0.3, -0.25) is 15.0 Å². The van der Waals surface area contributed by atoms with Crippen LogP contribution >= 0.6 is 11.6 Å². The number of ether oxygens (including phenoxy) is 1. The molecule has 0 radical (unpaired) electrons. The molecular weight excluding hydrogens is 526 g/mol. The lowest BCUT2D eigenvalue weighted by atomic mass is 9.97. The van der Waals surface area contributed by atoms with Gasteiger partial charge in [0.2, 0.25) is 0 Å². The normalized spacial score (nSPS) is 10.8. The molecule has 0 bridgehead atoms. The van der Waals surface area contributed by atoms with Crippen molar-refractivity contribution in [3.63, 3.8) is 0 Å². The van der Waals surface area contributed by atoms with Gasteiger partial charge < -0.3 is 14.6 Å². The van der Waals surface area contributed by atoms with E-state index in [0.29, 0.717) is 50.3 Å². The van der Waals surface area contributed by atoms with Gasteiger partial charge in [-0.1, -0.05) is 23.7 Å². The van der Waals surface area contributed by atoms with Crippen molar-refractivity contribution in [1.29, 1.82) is 0 Å². The largest absolute Gasteiger partial charge is 0.496 e. The van der Waals surface area contributed by atoms with Gasteiger partial charge in [-0.05, 0) is 62.7 Å². The highest BCUT2D eigenvalue weighted by Crippen LogP contribution is 2.35. The van der Waals surface area contributed by atoms with Crippen molar-refractivity contribution in [3.05, 3.63) is 87.2 Å². The highest BCUT2D eigenvalue weighted by molar-refractivity contribution is 7.67. The fourth-order valence-electron chi connectivity index (χ4n) is 4.60. The van der Waals surface area contributed by atoms with E-state index in [9.17, 15) is 13.8 Å². The topological polar surface area (TPSA) is 128 Å². The van der Waals surface area contributed by atoms with Gasteiger partial charge in [0.15, 0.2) is 5.82 Å². The summed E-state index contributed by atoms with van der Waals surface area (Å²) in [4.78, 5) is 30.8. The molecule has 0 saturated carbocycles. The molecule has 196 valence electrons. The number of aryl methyl sites for hydroxylation is 2. The highest BCUT2D eigenvalue weighted by Gasteiger charge is 2.26. The smallest absolute Gasteiger partial charge is 0.265 e. The number of nitrogens with two attached hydrogens (primary N) is 1. The number of nitrogens with one attached hydrogen (secondary N) is 2. The number of benzene rings is 3. The number of carbonyl (C=O) groups is 2. The Morgan fingerprint density at radius 2 is 1.79 bits per heavy atom. The van der Waals surface area contributed by atoms with Crippen LogP contribution in [0.4, 0.5) is 5.69 Å². The van der Waals surface area contributed by atoms with Crippen molar-refractivity contribution in [2.24, 2.45) is 5.84 Å². The summed E-state index contributed by atoms with van der Waals surface area (Å²) >= 11 is 6.52. The Bertz CT molecular complexity index is 1640. The maximum Gasteiger partial charge on any atom is 0.265 e. The first-order valence-corrected chi connectivity index (χ1v) is 12.8. The molecule has 0 aliphatic carbocycles. The van der Waals surface area contributed by atoms with E-state index in [-0.39, 0.29) is 22.4 Å². The molecule has 4 rings (SSSR count). The van der Waals surface area contributed by atoms with E-state index < -0.39 is 11.8 Å².